The van der Waals surface area contributed by atoms with Crippen LogP contribution in [-0.2, 0) is 11.2 Å². The van der Waals surface area contributed by atoms with Crippen LogP contribution in [0.15, 0.2) is 58.6 Å². The Hall–Kier alpha value is -4.87. The van der Waals surface area contributed by atoms with Crippen LogP contribution in [0.5, 0.6) is 5.75 Å². The van der Waals surface area contributed by atoms with Gasteiger partial charge >= 0.3 is 0 Å². The molecule has 2 amide bonds. The third kappa shape index (κ3) is 10.6. The van der Waals surface area contributed by atoms with Crippen LogP contribution in [0.1, 0.15) is 81.5 Å². The second-order valence-electron chi connectivity index (χ2n) is 11.1. The molecule has 1 aromatic carbocycles. The van der Waals surface area contributed by atoms with Crippen molar-refractivity contribution in [3.63, 3.8) is 0 Å². The lowest BCUT2D eigenvalue weighted by molar-refractivity contribution is -0.117. The molecule has 1 fully saturated rings. The summed E-state index contributed by atoms with van der Waals surface area (Å²) in [6, 6.07) is 13.1. The minimum absolute atomic E-state index is 0.00273. The van der Waals surface area contributed by atoms with E-state index in [0.717, 1.165) is 44.2 Å². The Morgan fingerprint density at radius 1 is 1.09 bits per heavy atom. The van der Waals surface area contributed by atoms with Crippen molar-refractivity contribution in [2.75, 3.05) is 24.8 Å². The molecule has 0 spiro atoms. The number of rotatable bonds is 14. The minimum Gasteiger partial charge on any atom is -0.494 e. The van der Waals surface area contributed by atoms with E-state index in [0.29, 0.717) is 28.6 Å². The number of aliphatic imine (C=N–C) groups is 2. The summed E-state index contributed by atoms with van der Waals surface area (Å²) in [5.74, 6) is 0.949. The normalized spacial score (nSPS) is 14.1. The average molecular weight is 630 g/mol. The van der Waals surface area contributed by atoms with Gasteiger partial charge in [0.05, 0.1) is 30.1 Å². The molecule has 5 N–H and O–H groups in total. The highest BCUT2D eigenvalue weighted by Crippen LogP contribution is 2.33. The SMILES string of the molecule is CCC(C)CC(CC)N=CN=C(N)c1cccc(Nc2cc(NC(=O)C3CC3)nnc2C(=O)NC)c1OC.CCc1ccccn1. The number of hydrogen-bond donors (Lipinski definition) is 4. The summed E-state index contributed by atoms with van der Waals surface area (Å²) in [4.78, 5) is 37.7. The number of benzene rings is 1. The first-order valence-electron chi connectivity index (χ1n) is 15.8. The van der Waals surface area contributed by atoms with E-state index in [1.165, 1.54) is 20.5 Å². The van der Waals surface area contributed by atoms with E-state index in [-0.39, 0.29) is 35.2 Å². The summed E-state index contributed by atoms with van der Waals surface area (Å²) < 4.78 is 5.67. The Morgan fingerprint density at radius 3 is 2.46 bits per heavy atom. The molecule has 0 aliphatic heterocycles. The molecule has 2 atom stereocenters. The van der Waals surface area contributed by atoms with Gasteiger partial charge in [0, 0.05) is 30.9 Å². The second-order valence-corrected chi connectivity index (χ2v) is 11.1. The van der Waals surface area contributed by atoms with Crippen LogP contribution in [-0.4, -0.2) is 59.4 Å². The zero-order valence-electron chi connectivity index (χ0n) is 27.7. The Morgan fingerprint density at radius 2 is 1.87 bits per heavy atom. The maximum absolute atomic E-state index is 12.5. The largest absolute Gasteiger partial charge is 0.494 e. The van der Waals surface area contributed by atoms with Crippen LogP contribution in [0.4, 0.5) is 17.2 Å². The molecule has 2 aromatic heterocycles. The first-order chi connectivity index (χ1) is 22.2. The number of aromatic nitrogens is 3. The predicted molar refractivity (Wildman–Crippen MR) is 184 cm³/mol. The van der Waals surface area contributed by atoms with E-state index in [2.05, 4.69) is 68.8 Å². The lowest BCUT2D eigenvalue weighted by Gasteiger charge is -2.16. The molecular formula is C34H47N9O3. The molecule has 1 aliphatic carbocycles. The number of nitrogens with two attached hydrogens (primary N) is 1. The van der Waals surface area contributed by atoms with E-state index in [1.54, 1.807) is 24.3 Å². The van der Waals surface area contributed by atoms with Crippen LogP contribution in [0.2, 0.25) is 0 Å². The summed E-state index contributed by atoms with van der Waals surface area (Å²) in [5, 5.41) is 16.5. The van der Waals surface area contributed by atoms with Crippen molar-refractivity contribution in [3.8, 4) is 5.75 Å². The Bertz CT molecular complexity index is 1490. The van der Waals surface area contributed by atoms with Gasteiger partial charge in [-0.05, 0) is 62.3 Å². The lowest BCUT2D eigenvalue weighted by Crippen LogP contribution is -2.22. The van der Waals surface area contributed by atoms with Crippen molar-refractivity contribution in [2.45, 2.75) is 72.3 Å². The second kappa shape index (κ2) is 18.2. The smallest absolute Gasteiger partial charge is 0.273 e. The van der Waals surface area contributed by atoms with Crippen molar-refractivity contribution in [1.29, 1.82) is 0 Å². The average Bonchev–Trinajstić information content (AvgIpc) is 3.94. The quantitative estimate of drug-likeness (QED) is 0.133. The summed E-state index contributed by atoms with van der Waals surface area (Å²) in [7, 11) is 3.03. The molecule has 12 nitrogen and oxygen atoms in total. The third-order valence-electron chi connectivity index (χ3n) is 7.61. The van der Waals surface area contributed by atoms with E-state index in [4.69, 9.17) is 10.5 Å². The number of nitrogens with zero attached hydrogens (tertiary/aromatic N) is 5. The molecule has 0 bridgehead atoms. The number of carbonyl (C=O) groups is 2. The van der Waals surface area contributed by atoms with Gasteiger partial charge in [0.2, 0.25) is 5.91 Å². The Kier molecular flexibility index (Phi) is 14.1. The van der Waals surface area contributed by atoms with E-state index < -0.39 is 5.91 Å². The van der Waals surface area contributed by atoms with E-state index in [1.807, 2.05) is 24.4 Å². The zero-order chi connectivity index (χ0) is 33.5. The number of para-hydroxylation sites is 1. The van der Waals surface area contributed by atoms with Gasteiger partial charge in [-0.1, -0.05) is 46.2 Å². The summed E-state index contributed by atoms with van der Waals surface area (Å²) >= 11 is 0. The molecule has 2 unspecified atom stereocenters. The molecule has 0 radical (unpaired) electrons. The number of anilines is 3. The number of ether oxygens (including phenoxy) is 1. The first-order valence-corrected chi connectivity index (χ1v) is 15.8. The molecule has 4 rings (SSSR count). The molecule has 3 aromatic rings. The van der Waals surface area contributed by atoms with Gasteiger partial charge in [-0.2, -0.15) is 0 Å². The summed E-state index contributed by atoms with van der Waals surface area (Å²) in [6.45, 7) is 8.61. The fourth-order valence-electron chi connectivity index (χ4n) is 4.44. The van der Waals surface area contributed by atoms with Crippen molar-refractivity contribution in [1.82, 2.24) is 20.5 Å². The number of pyridine rings is 1. The first kappa shape index (κ1) is 35.6. The highest BCUT2D eigenvalue weighted by Gasteiger charge is 2.30. The van der Waals surface area contributed by atoms with Crippen molar-refractivity contribution >= 4 is 41.2 Å². The topological polar surface area (TPSA) is 169 Å². The van der Waals surface area contributed by atoms with Crippen LogP contribution < -0.4 is 26.4 Å². The van der Waals surface area contributed by atoms with Crippen LogP contribution in [0, 0.1) is 11.8 Å². The fraction of sp³-hybridized carbons (Fsp3) is 0.441. The molecule has 2 heterocycles. The van der Waals surface area contributed by atoms with Gasteiger partial charge in [-0.25, -0.2) is 4.99 Å². The highest BCUT2D eigenvalue weighted by molar-refractivity contribution is 6.05. The Labute approximate surface area is 271 Å². The minimum atomic E-state index is -0.435. The highest BCUT2D eigenvalue weighted by atomic mass is 16.5. The van der Waals surface area contributed by atoms with Crippen LogP contribution in [0.3, 0.4) is 0 Å². The van der Waals surface area contributed by atoms with Crippen molar-refractivity contribution in [2.24, 2.45) is 27.6 Å². The van der Waals surface area contributed by atoms with Crippen molar-refractivity contribution < 1.29 is 14.3 Å². The van der Waals surface area contributed by atoms with E-state index >= 15 is 0 Å². The standard InChI is InChI=1S/C27H38N8O3.C7H9N/c1-6-16(3)13-18(7-2)30-15-31-25(28)19-9-8-10-20(24(19)38-5)32-21-14-22(33-26(36)17-11-12-17)34-35-23(21)27(37)29-4;1-2-7-5-3-4-6-8-7/h8-10,14-18H,6-7,11-13H2,1-5H3,(H,29,37)(H2,28,30,31)(H2,32,33,34,36);3-6H,2H2,1H3. The molecule has 246 valence electrons. The van der Waals surface area contributed by atoms with Gasteiger partial charge in [-0.15, -0.1) is 10.2 Å². The van der Waals surface area contributed by atoms with Crippen molar-refractivity contribution in [3.05, 3.63) is 65.6 Å². The predicted octanol–water partition coefficient (Wildman–Crippen LogP) is 5.53. The van der Waals surface area contributed by atoms with Gasteiger partial charge in [0.15, 0.2) is 17.3 Å². The summed E-state index contributed by atoms with van der Waals surface area (Å²) in [5.41, 5.74) is 8.97. The number of aryl methyl sites for hydroxylation is 1. The van der Waals surface area contributed by atoms with Gasteiger partial charge in [-0.3, -0.25) is 19.6 Å². The number of methoxy groups -OCH3 is 1. The van der Waals surface area contributed by atoms with E-state index in [9.17, 15) is 9.59 Å². The maximum atomic E-state index is 12.5. The fourth-order valence-corrected chi connectivity index (χ4v) is 4.44. The molecule has 1 aliphatic rings. The maximum Gasteiger partial charge on any atom is 0.273 e. The zero-order valence-corrected chi connectivity index (χ0v) is 27.7. The number of amidine groups is 1. The third-order valence-corrected chi connectivity index (χ3v) is 7.61. The number of hydrogen-bond acceptors (Lipinski definition) is 8. The van der Waals surface area contributed by atoms with Gasteiger partial charge in [0.1, 0.15) is 12.2 Å². The Balaban J connectivity index is 0.000000625. The molecule has 1 saturated carbocycles. The lowest BCUT2D eigenvalue weighted by atomic mass is 9.98. The van der Waals surface area contributed by atoms with Crippen LogP contribution in [0.25, 0.3) is 0 Å². The molecule has 0 saturated heterocycles. The van der Waals surface area contributed by atoms with Crippen LogP contribution >= 0.6 is 0 Å². The summed E-state index contributed by atoms with van der Waals surface area (Å²) in [6.07, 6.45) is 9.10. The monoisotopic (exact) mass is 629 g/mol. The number of nitrogens with one attached hydrogen (secondary N) is 3. The number of carbonyl (C=O) groups excluding carboxylic acids is 2. The molecular weight excluding hydrogens is 582 g/mol. The van der Waals surface area contributed by atoms with Gasteiger partial charge in [0.25, 0.3) is 5.91 Å². The number of amides is 2. The molecule has 12 heteroatoms. The van der Waals surface area contributed by atoms with Gasteiger partial charge < -0.3 is 26.4 Å². The molecule has 46 heavy (non-hydrogen) atoms.